The van der Waals surface area contributed by atoms with Crippen molar-refractivity contribution in [3.63, 3.8) is 0 Å². The Labute approximate surface area is 156 Å². The summed E-state index contributed by atoms with van der Waals surface area (Å²) in [6.07, 6.45) is 0.701. The number of anilines is 1. The van der Waals surface area contributed by atoms with Crippen LogP contribution in [0.15, 0.2) is 41.6 Å². The Morgan fingerprint density at radius 3 is 2.46 bits per heavy atom. The highest BCUT2D eigenvalue weighted by molar-refractivity contribution is 7.91. The zero-order chi connectivity index (χ0) is 18.7. The molecule has 3 aromatic rings. The second-order valence-corrected chi connectivity index (χ2v) is 7.54. The van der Waals surface area contributed by atoms with Crippen LogP contribution in [0.25, 0.3) is 11.0 Å². The largest absolute Gasteiger partial charge is 0.609 e. The fraction of sp³-hybridized carbons (Fsp3) is 0.316. The lowest BCUT2D eigenvalue weighted by Crippen LogP contribution is -2.15. The van der Waals surface area contributed by atoms with Gasteiger partial charge in [-0.25, -0.2) is 0 Å². The standard InChI is InChI=1S/C19H23N3O3S/c1-22(2)14-8-6-5-7-13(14)11-12-26(23)19-20-17-15(24-3)9-10-16(25-4)18(17)21-19/h5-10H,11-12H2,1-4H3,(H,20,21). The molecule has 7 heteroatoms. The molecule has 1 unspecified atom stereocenters. The summed E-state index contributed by atoms with van der Waals surface area (Å²) < 4.78 is 23.5. The van der Waals surface area contributed by atoms with Gasteiger partial charge in [0.1, 0.15) is 28.3 Å². The third-order valence-corrected chi connectivity index (χ3v) is 5.43. The van der Waals surface area contributed by atoms with Crippen LogP contribution in [0.1, 0.15) is 5.56 Å². The lowest BCUT2D eigenvalue weighted by atomic mass is 10.1. The van der Waals surface area contributed by atoms with E-state index in [9.17, 15) is 4.55 Å². The molecule has 138 valence electrons. The van der Waals surface area contributed by atoms with Crippen molar-refractivity contribution in [3.8, 4) is 11.5 Å². The Hall–Kier alpha value is -2.38. The van der Waals surface area contributed by atoms with Crippen LogP contribution in [0.4, 0.5) is 5.69 Å². The van der Waals surface area contributed by atoms with Crippen LogP contribution in [0, 0.1) is 0 Å². The predicted molar refractivity (Wildman–Crippen MR) is 105 cm³/mol. The van der Waals surface area contributed by atoms with Crippen molar-refractivity contribution >= 4 is 27.9 Å². The average molecular weight is 373 g/mol. The van der Waals surface area contributed by atoms with Crippen LogP contribution in [0.3, 0.4) is 0 Å². The molecule has 0 aliphatic heterocycles. The van der Waals surface area contributed by atoms with E-state index in [1.54, 1.807) is 26.4 Å². The van der Waals surface area contributed by atoms with Crippen molar-refractivity contribution in [2.45, 2.75) is 11.6 Å². The van der Waals surface area contributed by atoms with E-state index in [-0.39, 0.29) is 0 Å². The van der Waals surface area contributed by atoms with Crippen LogP contribution in [0.2, 0.25) is 0 Å². The van der Waals surface area contributed by atoms with E-state index in [0.29, 0.717) is 39.9 Å². The second-order valence-electron chi connectivity index (χ2n) is 6.06. The fourth-order valence-electron chi connectivity index (χ4n) is 2.92. The molecule has 6 nitrogen and oxygen atoms in total. The van der Waals surface area contributed by atoms with E-state index in [1.807, 2.05) is 26.2 Å². The molecule has 26 heavy (non-hydrogen) atoms. The summed E-state index contributed by atoms with van der Waals surface area (Å²) in [6, 6.07) is 11.7. The molecule has 2 aromatic carbocycles. The number of methoxy groups -OCH3 is 2. The van der Waals surface area contributed by atoms with E-state index < -0.39 is 11.2 Å². The number of aromatic amines is 1. The van der Waals surface area contributed by atoms with Gasteiger partial charge in [-0.15, -0.1) is 0 Å². The number of nitrogens with zero attached hydrogens (tertiary/aromatic N) is 2. The molecule has 3 rings (SSSR count). The monoisotopic (exact) mass is 373 g/mol. The average Bonchev–Trinajstić information content (AvgIpc) is 3.11. The molecule has 0 saturated heterocycles. The third-order valence-electron chi connectivity index (χ3n) is 4.23. The highest BCUT2D eigenvalue weighted by Crippen LogP contribution is 2.32. The van der Waals surface area contributed by atoms with E-state index >= 15 is 0 Å². The molecule has 0 saturated carbocycles. The molecule has 0 bridgehead atoms. The molecule has 0 aliphatic rings. The van der Waals surface area contributed by atoms with Gasteiger partial charge in [0.05, 0.1) is 14.2 Å². The molecule has 0 radical (unpaired) electrons. The minimum absolute atomic E-state index is 0.435. The minimum atomic E-state index is -1.25. The zero-order valence-corrected chi connectivity index (χ0v) is 16.2. The first-order chi connectivity index (χ1) is 12.5. The highest BCUT2D eigenvalue weighted by atomic mass is 32.2. The number of H-pyrrole nitrogens is 1. The quantitative estimate of drug-likeness (QED) is 0.645. The molecule has 1 aromatic heterocycles. The summed E-state index contributed by atoms with van der Waals surface area (Å²) in [6.45, 7) is 0. The number of ether oxygens (including phenoxy) is 2. The fourth-order valence-corrected chi connectivity index (χ4v) is 3.93. The summed E-state index contributed by atoms with van der Waals surface area (Å²) in [5, 5.41) is 0.435. The first kappa shape index (κ1) is 18.4. The van der Waals surface area contributed by atoms with Crippen LogP contribution in [0.5, 0.6) is 11.5 Å². The second kappa shape index (κ2) is 7.88. The number of aryl methyl sites for hydroxylation is 1. The summed E-state index contributed by atoms with van der Waals surface area (Å²) in [5.74, 6) is 1.75. The summed E-state index contributed by atoms with van der Waals surface area (Å²) in [7, 11) is 7.20. The van der Waals surface area contributed by atoms with Gasteiger partial charge < -0.3 is 18.9 Å². The van der Waals surface area contributed by atoms with Gasteiger partial charge in [-0.1, -0.05) is 18.2 Å². The van der Waals surface area contributed by atoms with Gasteiger partial charge in [0.2, 0.25) is 0 Å². The Kier molecular flexibility index (Phi) is 5.58. The van der Waals surface area contributed by atoms with Gasteiger partial charge in [0.25, 0.3) is 0 Å². The van der Waals surface area contributed by atoms with Gasteiger partial charge in [-0.3, -0.25) is 4.98 Å². The Balaban J connectivity index is 1.83. The number of aromatic nitrogens is 2. The van der Waals surface area contributed by atoms with Crippen molar-refractivity contribution < 1.29 is 14.0 Å². The molecule has 1 heterocycles. The van der Waals surface area contributed by atoms with E-state index in [0.717, 1.165) is 11.3 Å². The first-order valence-corrected chi connectivity index (χ1v) is 9.61. The van der Waals surface area contributed by atoms with Crippen LogP contribution in [-0.4, -0.2) is 48.6 Å². The van der Waals surface area contributed by atoms with Gasteiger partial charge in [-0.2, -0.15) is 4.98 Å². The molecule has 1 atom stereocenters. The first-order valence-electron chi connectivity index (χ1n) is 8.29. The van der Waals surface area contributed by atoms with Gasteiger partial charge in [-0.05, 0) is 23.8 Å². The predicted octanol–water partition coefficient (Wildman–Crippen LogP) is 3.00. The summed E-state index contributed by atoms with van der Waals surface area (Å²) in [5.41, 5.74) is 3.63. The van der Waals surface area contributed by atoms with Gasteiger partial charge >= 0.3 is 5.16 Å². The number of imidazole rings is 1. The maximum absolute atomic E-state index is 12.8. The number of fused-ring (bicyclic) bond motifs is 1. The molecule has 0 amide bonds. The third kappa shape index (κ3) is 3.59. The Bertz CT molecular complexity index is 854. The van der Waals surface area contributed by atoms with Gasteiger partial charge in [0, 0.05) is 37.4 Å². The van der Waals surface area contributed by atoms with E-state index in [1.165, 1.54) is 0 Å². The number of benzene rings is 2. The van der Waals surface area contributed by atoms with Gasteiger partial charge in [0.15, 0.2) is 0 Å². The highest BCUT2D eigenvalue weighted by Gasteiger charge is 2.21. The number of hydrogen-bond acceptors (Lipinski definition) is 5. The number of para-hydroxylation sites is 1. The van der Waals surface area contributed by atoms with Crippen molar-refractivity contribution in [1.82, 2.24) is 9.97 Å². The molecule has 0 spiro atoms. The van der Waals surface area contributed by atoms with Crippen molar-refractivity contribution in [3.05, 3.63) is 42.0 Å². The Morgan fingerprint density at radius 2 is 1.77 bits per heavy atom. The SMILES string of the molecule is COc1ccc(OC)c2[nH]c([S+]([O-])CCc3ccccc3N(C)C)nc12. The smallest absolute Gasteiger partial charge is 0.321 e. The molecule has 1 N–H and O–H groups in total. The van der Waals surface area contributed by atoms with Crippen molar-refractivity contribution in [2.75, 3.05) is 39.0 Å². The van der Waals surface area contributed by atoms with Crippen LogP contribution < -0.4 is 14.4 Å². The molecular formula is C19H23N3O3S. The number of nitrogens with one attached hydrogen (secondary N) is 1. The van der Waals surface area contributed by atoms with Crippen LogP contribution >= 0.6 is 0 Å². The molecule has 0 aliphatic carbocycles. The maximum atomic E-state index is 12.8. The molecule has 0 fully saturated rings. The minimum Gasteiger partial charge on any atom is -0.609 e. The number of hydrogen-bond donors (Lipinski definition) is 1. The summed E-state index contributed by atoms with van der Waals surface area (Å²) in [4.78, 5) is 9.69. The van der Waals surface area contributed by atoms with Crippen molar-refractivity contribution in [1.29, 1.82) is 0 Å². The lowest BCUT2D eigenvalue weighted by molar-refractivity contribution is 0.409. The topological polar surface area (TPSA) is 73.4 Å². The number of rotatable bonds is 7. The zero-order valence-electron chi connectivity index (χ0n) is 15.4. The normalized spacial score (nSPS) is 12.2. The Morgan fingerprint density at radius 1 is 1.08 bits per heavy atom. The molecular weight excluding hydrogens is 350 g/mol. The lowest BCUT2D eigenvalue weighted by Gasteiger charge is -2.17. The van der Waals surface area contributed by atoms with E-state index in [4.69, 9.17) is 9.47 Å². The van der Waals surface area contributed by atoms with E-state index in [2.05, 4.69) is 27.0 Å². The van der Waals surface area contributed by atoms with Crippen molar-refractivity contribution in [2.24, 2.45) is 0 Å². The maximum Gasteiger partial charge on any atom is 0.321 e. The van der Waals surface area contributed by atoms with Crippen LogP contribution in [-0.2, 0) is 17.6 Å². The summed E-state index contributed by atoms with van der Waals surface area (Å²) >= 11 is -1.25.